The summed E-state index contributed by atoms with van der Waals surface area (Å²) in [7, 11) is 0. The van der Waals surface area contributed by atoms with Crippen LogP contribution in [-0.4, -0.2) is 173 Å². The fourth-order valence-electron chi connectivity index (χ4n) is 9.89. The summed E-state index contributed by atoms with van der Waals surface area (Å²) in [4.78, 5) is 150. The number of H-pyrrole nitrogens is 3. The Morgan fingerprint density at radius 2 is 1.18 bits per heavy atom. The number of amides is 9. The maximum Gasteiger partial charge on any atom is 0.328 e. The number of rotatable bonds is 29. The lowest BCUT2D eigenvalue weighted by molar-refractivity contribution is -0.146. The quantitative estimate of drug-likeness (QED) is 0.0244. The number of hydrogen-bond acceptors (Lipinski definition) is 14. The van der Waals surface area contributed by atoms with Crippen molar-refractivity contribution in [2.24, 2.45) is 11.5 Å². The monoisotopic (exact) mass is 1160 g/mol. The Hall–Kier alpha value is -9.47. The van der Waals surface area contributed by atoms with E-state index in [1.165, 1.54) is 26.4 Å². The number of aromatic nitrogens is 4. The number of primary amides is 1. The number of fused-ring (bicyclic) bond motifs is 2. The van der Waals surface area contributed by atoms with E-state index in [1.54, 1.807) is 85.2 Å². The predicted molar refractivity (Wildman–Crippen MR) is 303 cm³/mol. The van der Waals surface area contributed by atoms with Gasteiger partial charge >= 0.3 is 5.97 Å². The van der Waals surface area contributed by atoms with Crippen molar-refractivity contribution in [1.82, 2.24) is 62.1 Å². The third-order valence-corrected chi connectivity index (χ3v) is 14.4. The number of para-hydroxylation sites is 2. The molecule has 7 rings (SSSR count). The number of carboxylic acids is 1. The van der Waals surface area contributed by atoms with Crippen LogP contribution in [0.2, 0.25) is 0 Å². The van der Waals surface area contributed by atoms with Gasteiger partial charge in [0.2, 0.25) is 53.2 Å². The molecular weight excluding hydrogens is 1090 g/mol. The summed E-state index contributed by atoms with van der Waals surface area (Å²) in [5, 5.41) is 50.2. The minimum absolute atomic E-state index is 0.00221. The van der Waals surface area contributed by atoms with Crippen molar-refractivity contribution in [3.8, 4) is 0 Å². The Labute approximate surface area is 481 Å². The van der Waals surface area contributed by atoms with Crippen molar-refractivity contribution in [2.45, 2.75) is 126 Å². The normalized spacial score (nSPS) is 16.3. The van der Waals surface area contributed by atoms with E-state index < -0.39 is 126 Å². The molecule has 0 radical (unpaired) electrons. The van der Waals surface area contributed by atoms with Gasteiger partial charge in [-0.15, -0.1) is 0 Å². The molecule has 0 bridgehead atoms. The summed E-state index contributed by atoms with van der Waals surface area (Å²) in [6.07, 6.45) is 2.66. The fourth-order valence-corrected chi connectivity index (χ4v) is 9.89. The number of aliphatic hydroxyl groups excluding tert-OH is 2. The van der Waals surface area contributed by atoms with E-state index in [0.717, 1.165) is 21.3 Å². The molecule has 17 N–H and O–H groups in total. The minimum atomic E-state index is -1.72. The Morgan fingerprint density at radius 1 is 0.643 bits per heavy atom. The van der Waals surface area contributed by atoms with E-state index in [-0.39, 0.29) is 51.5 Å². The third-order valence-electron chi connectivity index (χ3n) is 14.4. The van der Waals surface area contributed by atoms with Crippen LogP contribution in [0.5, 0.6) is 0 Å². The summed E-state index contributed by atoms with van der Waals surface area (Å²) in [5.74, 6) is -9.01. The van der Waals surface area contributed by atoms with Crippen LogP contribution in [0.25, 0.3) is 21.8 Å². The highest BCUT2D eigenvalue weighted by Crippen LogP contribution is 2.23. The second kappa shape index (κ2) is 29.0. The lowest BCUT2D eigenvalue weighted by Gasteiger charge is -2.31. The van der Waals surface area contributed by atoms with Crippen molar-refractivity contribution in [1.29, 1.82) is 0 Å². The van der Waals surface area contributed by atoms with Gasteiger partial charge in [0, 0.05) is 84.7 Å². The summed E-state index contributed by atoms with van der Waals surface area (Å²) in [6.45, 7) is 1.64. The molecule has 4 heterocycles. The van der Waals surface area contributed by atoms with Crippen molar-refractivity contribution >= 4 is 80.9 Å². The number of imidazole rings is 1. The van der Waals surface area contributed by atoms with E-state index in [0.29, 0.717) is 34.2 Å². The number of likely N-dealkylation sites (tertiary alicyclic amines) is 1. The van der Waals surface area contributed by atoms with Gasteiger partial charge in [0.15, 0.2) is 6.04 Å². The topological polar surface area (TPSA) is 431 Å². The first kappa shape index (κ1) is 62.1. The number of carboxylic acid groups (broad SMARTS) is 1. The minimum Gasteiger partial charge on any atom is -0.480 e. The number of hydrogen-bond donors (Lipinski definition) is 15. The van der Waals surface area contributed by atoms with Crippen LogP contribution >= 0.6 is 0 Å². The van der Waals surface area contributed by atoms with Crippen LogP contribution in [0.3, 0.4) is 0 Å². The molecule has 0 saturated carbocycles. The molecule has 1 fully saturated rings. The first-order valence-electron chi connectivity index (χ1n) is 27.3. The zero-order valence-electron chi connectivity index (χ0n) is 46.1. The van der Waals surface area contributed by atoms with Crippen LogP contribution in [0.1, 0.15) is 61.9 Å². The molecule has 27 heteroatoms. The van der Waals surface area contributed by atoms with E-state index in [4.69, 9.17) is 11.5 Å². The highest BCUT2D eigenvalue weighted by atomic mass is 16.4. The molecule has 27 nitrogen and oxygen atoms in total. The second-order valence-electron chi connectivity index (χ2n) is 20.7. The van der Waals surface area contributed by atoms with Gasteiger partial charge in [-0.05, 0) is 61.9 Å². The first-order valence-corrected chi connectivity index (χ1v) is 27.3. The van der Waals surface area contributed by atoms with Crippen molar-refractivity contribution in [3.05, 3.63) is 126 Å². The molecule has 3 aromatic heterocycles. The molecule has 1 aliphatic heterocycles. The largest absolute Gasteiger partial charge is 0.480 e. The maximum atomic E-state index is 14.6. The van der Waals surface area contributed by atoms with Crippen molar-refractivity contribution < 1.29 is 63.3 Å². The van der Waals surface area contributed by atoms with Crippen LogP contribution < -0.4 is 48.7 Å². The van der Waals surface area contributed by atoms with Gasteiger partial charge in [-0.2, -0.15) is 0 Å². The number of carbonyl (C=O) groups is 10. The number of aliphatic carboxylic acids is 1. The van der Waals surface area contributed by atoms with Gasteiger partial charge in [0.05, 0.1) is 31.1 Å². The lowest BCUT2D eigenvalue weighted by Crippen LogP contribution is -2.60. The average molecular weight is 1160 g/mol. The predicted octanol–water partition coefficient (Wildman–Crippen LogP) is -1.90. The standard InChI is InChI=1S/C57H70N14O13/c1-30(72)48(56(82)71-20-10-17-45(71)55(81)68-43(54(80)70-49(31(2)73)57(83)84)23-34-26-62-40-16-9-7-14-37(34)40)69-47(75)28-63-51(77)42(22-33-25-61-39-15-8-6-13-36(33)39)67-52(78)41(21-32-11-4-3-5-12-32)66-53(79)44(24-35-27-60-29-64-35)65-50(76)38(58)18-19-46(59)74/h3-9,11-16,25-27,29-31,38,41-45,48-49,61-62,72-73H,10,17-24,28,58H2,1-2H3,(H2,59,74)(H,60,64)(H,63,77)(H,65,76)(H,66,79)(H,67,78)(H,68,81)(H,69,75)(H,70,80)(H,83,84)/t30-,31-,38+,41+,42+,43+,44+,45+,48+,49+/m1/s1. The van der Waals surface area contributed by atoms with E-state index >= 15 is 0 Å². The highest BCUT2D eigenvalue weighted by Gasteiger charge is 2.41. The number of aliphatic hydroxyl groups is 2. The summed E-state index contributed by atoms with van der Waals surface area (Å²) < 4.78 is 0. The van der Waals surface area contributed by atoms with E-state index in [1.807, 2.05) is 6.07 Å². The van der Waals surface area contributed by atoms with Crippen LogP contribution in [0.4, 0.5) is 0 Å². The Kier molecular flexibility index (Phi) is 21.4. The van der Waals surface area contributed by atoms with Gasteiger partial charge in [-0.3, -0.25) is 43.2 Å². The third kappa shape index (κ3) is 16.6. The first-order chi connectivity index (χ1) is 40.2. The molecule has 3 aromatic carbocycles. The molecule has 6 aromatic rings. The molecular formula is C57H70N14O13. The summed E-state index contributed by atoms with van der Waals surface area (Å²) >= 11 is 0. The maximum absolute atomic E-state index is 14.6. The summed E-state index contributed by atoms with van der Waals surface area (Å²) in [6, 6.07) is 11.6. The molecule has 9 amide bonds. The zero-order valence-corrected chi connectivity index (χ0v) is 46.1. The Morgan fingerprint density at radius 3 is 1.74 bits per heavy atom. The second-order valence-corrected chi connectivity index (χ2v) is 20.7. The molecule has 446 valence electrons. The molecule has 0 unspecified atom stereocenters. The van der Waals surface area contributed by atoms with Gasteiger partial charge < -0.3 is 83.9 Å². The SMILES string of the molecule is C[C@@H](O)[C@H](NC(=O)[C@H](Cc1c[nH]c2ccccc12)NC(=O)[C@@H]1CCCN1C(=O)[C@@H](NC(=O)CNC(=O)[C@H](Cc1c[nH]c2ccccc12)NC(=O)[C@H](Cc1ccccc1)NC(=O)[C@H](Cc1cnc[nH]1)NC(=O)[C@@H](N)CCC(N)=O)[C@@H](C)O)C(=O)O. The lowest BCUT2D eigenvalue weighted by atomic mass is 10.0. The van der Waals surface area contributed by atoms with Crippen LogP contribution in [0, 0.1) is 0 Å². The number of nitrogens with one attached hydrogen (secondary N) is 10. The number of carbonyl (C=O) groups excluding carboxylic acids is 9. The van der Waals surface area contributed by atoms with Gasteiger partial charge in [-0.25, -0.2) is 9.78 Å². The Balaban J connectivity index is 1.06. The Bertz CT molecular complexity index is 3310. The fraction of sp³-hybridized carbons (Fsp3) is 0.386. The average Bonchev–Trinajstić information content (AvgIpc) is 4.52. The number of nitrogens with zero attached hydrogens (tertiary/aromatic N) is 2. The molecule has 1 saturated heterocycles. The van der Waals surface area contributed by atoms with Gasteiger partial charge in [-0.1, -0.05) is 66.7 Å². The van der Waals surface area contributed by atoms with Crippen LogP contribution in [-0.2, 0) is 73.6 Å². The van der Waals surface area contributed by atoms with E-state index in [2.05, 4.69) is 57.2 Å². The zero-order chi connectivity index (χ0) is 60.6. The number of benzene rings is 3. The van der Waals surface area contributed by atoms with Crippen molar-refractivity contribution in [2.75, 3.05) is 13.1 Å². The van der Waals surface area contributed by atoms with Gasteiger partial charge in [0.25, 0.3) is 0 Å². The smallest absolute Gasteiger partial charge is 0.328 e. The number of aromatic amines is 3. The van der Waals surface area contributed by atoms with Gasteiger partial charge in [0.1, 0.15) is 36.3 Å². The van der Waals surface area contributed by atoms with Crippen LogP contribution in [0.15, 0.2) is 104 Å². The molecule has 84 heavy (non-hydrogen) atoms. The highest BCUT2D eigenvalue weighted by molar-refractivity contribution is 5.99. The molecule has 1 aliphatic rings. The number of nitrogens with two attached hydrogens (primary N) is 2. The summed E-state index contributed by atoms with van der Waals surface area (Å²) in [5.41, 5.74) is 15.0. The molecule has 0 spiro atoms. The molecule has 0 aliphatic carbocycles. The van der Waals surface area contributed by atoms with E-state index in [9.17, 15) is 63.3 Å². The molecule has 10 atom stereocenters. The van der Waals surface area contributed by atoms with Crippen molar-refractivity contribution in [3.63, 3.8) is 0 Å².